The number of hydrogen-bond donors (Lipinski definition) is 1. The number of benzene rings is 1. The van der Waals surface area contributed by atoms with Crippen molar-refractivity contribution >= 4 is 17.4 Å². The molecule has 102 valence electrons. The van der Waals surface area contributed by atoms with Gasteiger partial charge in [0.2, 0.25) is 0 Å². The molecule has 6 heteroatoms. The van der Waals surface area contributed by atoms with Gasteiger partial charge in [-0.3, -0.25) is 0 Å². The van der Waals surface area contributed by atoms with Gasteiger partial charge in [0.1, 0.15) is 5.82 Å². The molecule has 0 fully saturated rings. The van der Waals surface area contributed by atoms with Gasteiger partial charge < -0.3 is 5.73 Å². The summed E-state index contributed by atoms with van der Waals surface area (Å²) < 4.78 is 15.1. The molecule has 0 radical (unpaired) electrons. The van der Waals surface area contributed by atoms with Crippen LogP contribution in [0, 0.1) is 5.82 Å². The molecule has 19 heavy (non-hydrogen) atoms. The van der Waals surface area contributed by atoms with Crippen LogP contribution in [0.5, 0.6) is 0 Å². The molecule has 0 aliphatic carbocycles. The normalized spacial score (nSPS) is 11.8. The quantitative estimate of drug-likeness (QED) is 0.921. The molecule has 0 spiro atoms. The molecule has 2 aromatic rings. The number of aromatic nitrogens is 3. The maximum atomic E-state index is 13.4. The second-order valence-electron chi connectivity index (χ2n) is 5.48. The molecule has 2 rings (SSSR count). The first-order valence-electron chi connectivity index (χ1n) is 5.92. The van der Waals surface area contributed by atoms with Crippen molar-refractivity contribution in [3.63, 3.8) is 0 Å². The lowest BCUT2D eigenvalue weighted by Crippen LogP contribution is -2.20. The van der Waals surface area contributed by atoms with E-state index in [0.29, 0.717) is 12.4 Å². The molecule has 0 amide bonds. The van der Waals surface area contributed by atoms with E-state index >= 15 is 0 Å². The van der Waals surface area contributed by atoms with E-state index < -0.39 is 5.82 Å². The van der Waals surface area contributed by atoms with Gasteiger partial charge in [0.05, 0.1) is 17.3 Å². The van der Waals surface area contributed by atoms with Crippen molar-refractivity contribution in [2.75, 3.05) is 5.73 Å². The Hall–Kier alpha value is -1.62. The van der Waals surface area contributed by atoms with Gasteiger partial charge in [0.15, 0.2) is 5.82 Å². The summed E-state index contributed by atoms with van der Waals surface area (Å²) >= 11 is 5.66. The standard InChI is InChI=1S/C13H16ClFN4/c1-13(2,3)11-12(16)17-18-19(11)7-8-4-5-9(14)10(15)6-8/h4-6H,7,16H2,1-3H3. The minimum Gasteiger partial charge on any atom is -0.381 e. The molecule has 0 saturated carbocycles. The zero-order valence-corrected chi connectivity index (χ0v) is 11.9. The van der Waals surface area contributed by atoms with Gasteiger partial charge in [-0.05, 0) is 17.7 Å². The van der Waals surface area contributed by atoms with Crippen LogP contribution >= 0.6 is 11.6 Å². The van der Waals surface area contributed by atoms with Crippen LogP contribution in [0.4, 0.5) is 10.2 Å². The zero-order valence-electron chi connectivity index (χ0n) is 11.1. The molecule has 0 saturated heterocycles. The van der Waals surface area contributed by atoms with E-state index in [1.54, 1.807) is 10.7 Å². The number of halogens is 2. The first kappa shape index (κ1) is 13.8. The Morgan fingerprint density at radius 3 is 2.63 bits per heavy atom. The van der Waals surface area contributed by atoms with Gasteiger partial charge in [-0.25, -0.2) is 9.07 Å². The molecular weight excluding hydrogens is 267 g/mol. The molecular formula is C13H16ClFN4. The Kier molecular flexibility index (Phi) is 3.49. The lowest BCUT2D eigenvalue weighted by Gasteiger charge is -2.20. The predicted molar refractivity (Wildman–Crippen MR) is 73.6 cm³/mol. The largest absolute Gasteiger partial charge is 0.381 e. The van der Waals surface area contributed by atoms with Crippen LogP contribution in [0.1, 0.15) is 32.0 Å². The van der Waals surface area contributed by atoms with E-state index in [0.717, 1.165) is 11.3 Å². The van der Waals surface area contributed by atoms with E-state index in [1.165, 1.54) is 12.1 Å². The zero-order chi connectivity index (χ0) is 14.2. The fourth-order valence-corrected chi connectivity index (χ4v) is 2.14. The lowest BCUT2D eigenvalue weighted by molar-refractivity contribution is 0.502. The molecule has 0 bridgehead atoms. The Morgan fingerprint density at radius 2 is 2.05 bits per heavy atom. The summed E-state index contributed by atoms with van der Waals surface area (Å²) in [6.07, 6.45) is 0. The third-order valence-corrected chi connectivity index (χ3v) is 3.09. The van der Waals surface area contributed by atoms with Crippen molar-refractivity contribution in [3.05, 3.63) is 40.3 Å². The number of nitrogens with two attached hydrogens (primary N) is 1. The van der Waals surface area contributed by atoms with Gasteiger partial charge in [-0.2, -0.15) is 0 Å². The van der Waals surface area contributed by atoms with Gasteiger partial charge in [0, 0.05) is 5.41 Å². The van der Waals surface area contributed by atoms with Crippen molar-refractivity contribution in [1.82, 2.24) is 15.0 Å². The highest BCUT2D eigenvalue weighted by molar-refractivity contribution is 6.30. The highest BCUT2D eigenvalue weighted by Gasteiger charge is 2.24. The van der Waals surface area contributed by atoms with E-state index in [2.05, 4.69) is 10.3 Å². The Labute approximate surface area is 116 Å². The molecule has 0 aliphatic rings. The Bertz CT molecular complexity index is 601. The molecule has 0 unspecified atom stereocenters. The van der Waals surface area contributed by atoms with E-state index in [9.17, 15) is 4.39 Å². The van der Waals surface area contributed by atoms with Crippen LogP contribution in [0.2, 0.25) is 5.02 Å². The van der Waals surface area contributed by atoms with Crippen molar-refractivity contribution < 1.29 is 4.39 Å². The summed E-state index contributed by atoms with van der Waals surface area (Å²) in [6, 6.07) is 4.69. The summed E-state index contributed by atoms with van der Waals surface area (Å²) in [5, 5.41) is 8.02. The van der Waals surface area contributed by atoms with Crippen LogP contribution < -0.4 is 5.73 Å². The van der Waals surface area contributed by atoms with Crippen molar-refractivity contribution in [2.24, 2.45) is 0 Å². The molecule has 1 heterocycles. The topological polar surface area (TPSA) is 56.7 Å². The first-order chi connectivity index (χ1) is 8.79. The summed E-state index contributed by atoms with van der Waals surface area (Å²) in [5.41, 5.74) is 7.26. The summed E-state index contributed by atoms with van der Waals surface area (Å²) in [7, 11) is 0. The fraction of sp³-hybridized carbons (Fsp3) is 0.385. The van der Waals surface area contributed by atoms with Crippen LogP contribution in [0.25, 0.3) is 0 Å². The third kappa shape index (κ3) is 2.87. The number of nitrogen functional groups attached to an aromatic ring is 1. The van der Waals surface area contributed by atoms with Gasteiger partial charge >= 0.3 is 0 Å². The van der Waals surface area contributed by atoms with Crippen molar-refractivity contribution in [1.29, 1.82) is 0 Å². The molecule has 1 aromatic carbocycles. The molecule has 4 nitrogen and oxygen atoms in total. The van der Waals surface area contributed by atoms with Crippen LogP contribution in [0.3, 0.4) is 0 Å². The van der Waals surface area contributed by atoms with E-state index in [-0.39, 0.29) is 10.4 Å². The highest BCUT2D eigenvalue weighted by Crippen LogP contribution is 2.26. The van der Waals surface area contributed by atoms with Gasteiger partial charge in [0.25, 0.3) is 0 Å². The van der Waals surface area contributed by atoms with E-state index in [1.807, 2.05) is 20.8 Å². The van der Waals surface area contributed by atoms with Crippen molar-refractivity contribution in [3.8, 4) is 0 Å². The Morgan fingerprint density at radius 1 is 1.37 bits per heavy atom. The fourth-order valence-electron chi connectivity index (χ4n) is 2.02. The molecule has 0 atom stereocenters. The van der Waals surface area contributed by atoms with E-state index in [4.69, 9.17) is 17.3 Å². The number of hydrogen-bond acceptors (Lipinski definition) is 3. The summed E-state index contributed by atoms with van der Waals surface area (Å²) in [6.45, 7) is 6.49. The number of nitrogens with zero attached hydrogens (tertiary/aromatic N) is 3. The van der Waals surface area contributed by atoms with Crippen molar-refractivity contribution in [2.45, 2.75) is 32.7 Å². The molecule has 2 N–H and O–H groups in total. The first-order valence-corrected chi connectivity index (χ1v) is 6.30. The number of rotatable bonds is 2. The molecule has 1 aromatic heterocycles. The summed E-state index contributed by atoms with van der Waals surface area (Å²) in [4.78, 5) is 0. The van der Waals surface area contributed by atoms with Crippen LogP contribution in [-0.4, -0.2) is 15.0 Å². The predicted octanol–water partition coefficient (Wildman–Crippen LogP) is 3.00. The lowest BCUT2D eigenvalue weighted by atomic mass is 9.92. The maximum Gasteiger partial charge on any atom is 0.169 e. The Balaban J connectivity index is 2.36. The van der Waals surface area contributed by atoms with Crippen LogP contribution in [0.15, 0.2) is 18.2 Å². The average molecular weight is 283 g/mol. The maximum absolute atomic E-state index is 13.4. The van der Waals surface area contributed by atoms with Gasteiger partial charge in [-0.1, -0.05) is 43.7 Å². The SMILES string of the molecule is CC(C)(C)c1c(N)nnn1Cc1ccc(Cl)c(F)c1. The van der Waals surface area contributed by atoms with Gasteiger partial charge in [-0.15, -0.1) is 5.10 Å². The second kappa shape index (κ2) is 4.81. The van der Waals surface area contributed by atoms with Crippen LogP contribution in [-0.2, 0) is 12.0 Å². The minimum absolute atomic E-state index is 0.109. The summed E-state index contributed by atoms with van der Waals surface area (Å²) in [5.74, 6) is -0.0356. The minimum atomic E-state index is -0.440. The average Bonchev–Trinajstić information content (AvgIpc) is 2.64. The number of anilines is 1. The monoisotopic (exact) mass is 282 g/mol. The molecule has 0 aliphatic heterocycles. The third-order valence-electron chi connectivity index (χ3n) is 2.79. The smallest absolute Gasteiger partial charge is 0.169 e. The highest BCUT2D eigenvalue weighted by atomic mass is 35.5. The second-order valence-corrected chi connectivity index (χ2v) is 5.89.